The van der Waals surface area contributed by atoms with Gasteiger partial charge in [-0.05, 0) is 17.7 Å². The van der Waals surface area contributed by atoms with Crippen LogP contribution < -0.4 is 10.1 Å². The van der Waals surface area contributed by atoms with Gasteiger partial charge in [-0.3, -0.25) is 19.8 Å². The molecule has 2 heterocycles. The van der Waals surface area contributed by atoms with Crippen molar-refractivity contribution in [1.82, 2.24) is 10.2 Å². The van der Waals surface area contributed by atoms with Crippen molar-refractivity contribution in [2.24, 2.45) is 5.92 Å². The molecular weight excluding hydrogens is 396 g/mol. The SMILES string of the molecule is C=CC1CN([C@@H]2O[C@H](CO)[C@@H](O)[C@@H]2OC(=O)Cc2ccc(OC)cc2)C(=O)NC1=O. The summed E-state index contributed by atoms with van der Waals surface area (Å²) in [4.78, 5) is 37.8. The van der Waals surface area contributed by atoms with Crippen LogP contribution in [0.3, 0.4) is 0 Å². The Morgan fingerprint density at radius 1 is 1.37 bits per heavy atom. The topological polar surface area (TPSA) is 135 Å². The van der Waals surface area contributed by atoms with Gasteiger partial charge in [0.05, 0.1) is 26.1 Å². The molecule has 0 spiro atoms. The lowest BCUT2D eigenvalue weighted by molar-refractivity contribution is -0.161. The molecule has 1 unspecified atom stereocenters. The van der Waals surface area contributed by atoms with Crippen molar-refractivity contribution in [3.05, 3.63) is 42.5 Å². The normalized spacial score (nSPS) is 28.8. The van der Waals surface area contributed by atoms with E-state index in [4.69, 9.17) is 14.2 Å². The monoisotopic (exact) mass is 420 g/mol. The number of carbonyl (C=O) groups excluding carboxylic acids is 3. The highest BCUT2D eigenvalue weighted by Crippen LogP contribution is 2.29. The largest absolute Gasteiger partial charge is 0.497 e. The highest BCUT2D eigenvalue weighted by Gasteiger charge is 2.51. The quantitative estimate of drug-likeness (QED) is 0.400. The molecule has 3 amide bonds. The van der Waals surface area contributed by atoms with Crippen molar-refractivity contribution in [3.63, 3.8) is 0 Å². The second kappa shape index (κ2) is 9.24. The minimum Gasteiger partial charge on any atom is -0.497 e. The summed E-state index contributed by atoms with van der Waals surface area (Å²) in [5.74, 6) is -1.20. The number of urea groups is 1. The summed E-state index contributed by atoms with van der Waals surface area (Å²) < 4.78 is 16.1. The molecule has 0 radical (unpaired) electrons. The van der Waals surface area contributed by atoms with Gasteiger partial charge in [-0.15, -0.1) is 6.58 Å². The fourth-order valence-corrected chi connectivity index (χ4v) is 3.40. The van der Waals surface area contributed by atoms with Gasteiger partial charge in [-0.1, -0.05) is 18.2 Å². The zero-order valence-electron chi connectivity index (χ0n) is 16.4. The summed E-state index contributed by atoms with van der Waals surface area (Å²) in [5, 5.41) is 22.1. The molecule has 10 heteroatoms. The molecule has 0 aromatic heterocycles. The highest BCUT2D eigenvalue weighted by molar-refractivity contribution is 5.98. The molecule has 2 aliphatic heterocycles. The van der Waals surface area contributed by atoms with Crippen LogP contribution in [-0.2, 0) is 25.5 Å². The predicted octanol–water partition coefficient (Wildman–Crippen LogP) is -0.418. The van der Waals surface area contributed by atoms with Crippen molar-refractivity contribution < 1.29 is 38.8 Å². The van der Waals surface area contributed by atoms with E-state index in [0.29, 0.717) is 11.3 Å². The van der Waals surface area contributed by atoms with Crippen LogP contribution in [0.15, 0.2) is 36.9 Å². The van der Waals surface area contributed by atoms with Crippen LogP contribution in [-0.4, -0.2) is 77.8 Å². The number of aliphatic hydroxyl groups excluding tert-OH is 2. The van der Waals surface area contributed by atoms with Crippen LogP contribution in [0.1, 0.15) is 5.56 Å². The van der Waals surface area contributed by atoms with Gasteiger partial charge in [0.2, 0.25) is 5.91 Å². The first-order valence-corrected chi connectivity index (χ1v) is 9.38. The first kappa shape index (κ1) is 21.8. The Bertz CT molecular complexity index is 812. The van der Waals surface area contributed by atoms with Gasteiger partial charge >= 0.3 is 12.0 Å². The minimum absolute atomic E-state index is 0.0593. The molecule has 0 saturated carbocycles. The van der Waals surface area contributed by atoms with Crippen LogP contribution in [0.2, 0.25) is 0 Å². The molecule has 2 fully saturated rings. The summed E-state index contributed by atoms with van der Waals surface area (Å²) in [6, 6.07) is 6.06. The average molecular weight is 420 g/mol. The maximum atomic E-state index is 12.5. The van der Waals surface area contributed by atoms with E-state index in [1.807, 2.05) is 0 Å². The zero-order chi connectivity index (χ0) is 21.8. The molecule has 1 aromatic rings. The number of rotatable bonds is 7. The van der Waals surface area contributed by atoms with Crippen molar-refractivity contribution in [2.45, 2.75) is 31.0 Å². The molecule has 2 saturated heterocycles. The number of amides is 3. The van der Waals surface area contributed by atoms with Gasteiger partial charge in [0.15, 0.2) is 12.3 Å². The zero-order valence-corrected chi connectivity index (χ0v) is 16.4. The Labute approximate surface area is 173 Å². The average Bonchev–Trinajstić information content (AvgIpc) is 3.04. The Hall–Kier alpha value is -2.95. The first-order chi connectivity index (χ1) is 14.4. The highest BCUT2D eigenvalue weighted by atomic mass is 16.6. The molecule has 30 heavy (non-hydrogen) atoms. The molecule has 162 valence electrons. The van der Waals surface area contributed by atoms with Crippen molar-refractivity contribution in [1.29, 1.82) is 0 Å². The van der Waals surface area contributed by atoms with Crippen molar-refractivity contribution in [2.75, 3.05) is 20.3 Å². The molecule has 5 atom stereocenters. The molecule has 3 N–H and O–H groups in total. The van der Waals surface area contributed by atoms with Gasteiger partial charge in [0.1, 0.15) is 18.0 Å². The minimum atomic E-state index is -1.35. The Kier molecular flexibility index (Phi) is 6.70. The van der Waals surface area contributed by atoms with E-state index in [0.717, 1.165) is 4.90 Å². The number of ether oxygens (including phenoxy) is 3. The van der Waals surface area contributed by atoms with Crippen LogP contribution >= 0.6 is 0 Å². The third-order valence-corrected chi connectivity index (χ3v) is 5.08. The van der Waals surface area contributed by atoms with Gasteiger partial charge in [-0.2, -0.15) is 0 Å². The summed E-state index contributed by atoms with van der Waals surface area (Å²) in [6.45, 7) is 2.97. The van der Waals surface area contributed by atoms with Gasteiger partial charge in [0, 0.05) is 6.54 Å². The number of methoxy groups -OCH3 is 1. The molecule has 1 aromatic carbocycles. The molecule has 3 rings (SSSR count). The predicted molar refractivity (Wildman–Crippen MR) is 102 cm³/mol. The molecule has 10 nitrogen and oxygen atoms in total. The Morgan fingerprint density at radius 2 is 2.07 bits per heavy atom. The summed E-state index contributed by atoms with van der Waals surface area (Å²) >= 11 is 0. The van der Waals surface area contributed by atoms with Gasteiger partial charge in [-0.25, -0.2) is 4.79 Å². The third-order valence-electron chi connectivity index (χ3n) is 5.08. The fraction of sp³-hybridized carbons (Fsp3) is 0.450. The maximum absolute atomic E-state index is 12.5. The Balaban J connectivity index is 1.74. The molecule has 0 bridgehead atoms. The van der Waals surface area contributed by atoms with E-state index < -0.39 is 55.0 Å². The standard InChI is InChI=1S/C20H24N2O8/c1-3-12-9-22(20(27)21-18(12)26)19-17(16(25)14(10-23)29-19)30-15(24)8-11-4-6-13(28-2)7-5-11/h3-7,12,14,16-17,19,23,25H,1,8-10H2,2H3,(H,21,26,27)/t12?,14-,16-,17+,19-/m1/s1. The van der Waals surface area contributed by atoms with Gasteiger partial charge in [0.25, 0.3) is 0 Å². The first-order valence-electron chi connectivity index (χ1n) is 9.38. The number of imide groups is 1. The van der Waals surface area contributed by atoms with Crippen LogP contribution in [0.4, 0.5) is 4.79 Å². The van der Waals surface area contributed by atoms with Crippen LogP contribution in [0, 0.1) is 5.92 Å². The van der Waals surface area contributed by atoms with Crippen molar-refractivity contribution >= 4 is 17.9 Å². The van der Waals surface area contributed by atoms with Crippen LogP contribution in [0.25, 0.3) is 0 Å². The Morgan fingerprint density at radius 3 is 2.67 bits per heavy atom. The second-order valence-corrected chi connectivity index (χ2v) is 7.01. The number of nitrogens with one attached hydrogen (secondary N) is 1. The lowest BCUT2D eigenvalue weighted by Gasteiger charge is -2.36. The lowest BCUT2D eigenvalue weighted by atomic mass is 10.0. The van der Waals surface area contributed by atoms with E-state index in [2.05, 4.69) is 11.9 Å². The van der Waals surface area contributed by atoms with E-state index in [1.54, 1.807) is 24.3 Å². The number of hydrogen-bond acceptors (Lipinski definition) is 8. The number of nitrogens with zero attached hydrogens (tertiary/aromatic N) is 1. The summed E-state index contributed by atoms with van der Waals surface area (Å²) in [6.07, 6.45) is -3.52. The number of aliphatic hydroxyl groups is 2. The molecule has 0 aliphatic carbocycles. The second-order valence-electron chi connectivity index (χ2n) is 7.01. The smallest absolute Gasteiger partial charge is 0.326 e. The number of benzene rings is 1. The number of hydrogen-bond donors (Lipinski definition) is 3. The third kappa shape index (κ3) is 4.45. The van der Waals surface area contributed by atoms with E-state index >= 15 is 0 Å². The van der Waals surface area contributed by atoms with E-state index in [1.165, 1.54) is 13.2 Å². The summed E-state index contributed by atoms with van der Waals surface area (Å²) in [7, 11) is 1.53. The molecular formula is C20H24N2O8. The summed E-state index contributed by atoms with van der Waals surface area (Å²) in [5.41, 5.74) is 0.664. The van der Waals surface area contributed by atoms with Gasteiger partial charge < -0.3 is 24.4 Å². The van der Waals surface area contributed by atoms with Crippen LogP contribution in [0.5, 0.6) is 5.75 Å². The van der Waals surface area contributed by atoms with E-state index in [9.17, 15) is 24.6 Å². The number of carbonyl (C=O) groups is 3. The fourth-order valence-electron chi connectivity index (χ4n) is 3.40. The number of esters is 1. The van der Waals surface area contributed by atoms with E-state index in [-0.39, 0.29) is 13.0 Å². The lowest BCUT2D eigenvalue weighted by Crippen LogP contribution is -2.60. The maximum Gasteiger partial charge on any atom is 0.326 e. The van der Waals surface area contributed by atoms with Crippen molar-refractivity contribution in [3.8, 4) is 5.75 Å². The molecule has 2 aliphatic rings.